The molecule has 0 saturated carbocycles. The number of nitrogens with one attached hydrogen (secondary N) is 1. The molecule has 0 atom stereocenters. The number of aliphatic hydroxyl groups is 2. The molecule has 0 amide bonds. The van der Waals surface area contributed by atoms with Crippen LogP contribution >= 0.6 is 0 Å². The molecule has 0 aromatic heterocycles. The van der Waals surface area contributed by atoms with E-state index in [9.17, 15) is 0 Å². The van der Waals surface area contributed by atoms with Crippen molar-refractivity contribution in [2.24, 2.45) is 5.41 Å². The number of hydroxylamine groups is 1. The Morgan fingerprint density at radius 1 is 1.19 bits per heavy atom. The highest BCUT2D eigenvalue weighted by molar-refractivity contribution is 5.13. The molecule has 1 rings (SSSR count). The molecule has 0 unspecified atom stereocenters. The van der Waals surface area contributed by atoms with Gasteiger partial charge in [0.25, 0.3) is 0 Å². The van der Waals surface area contributed by atoms with E-state index in [1.807, 2.05) is 30.3 Å². The first-order valence-electron chi connectivity index (χ1n) is 5.30. The van der Waals surface area contributed by atoms with Crippen LogP contribution < -0.4 is 5.48 Å². The second kappa shape index (κ2) is 6.60. The average molecular weight is 225 g/mol. The second-order valence-electron chi connectivity index (χ2n) is 4.22. The molecule has 3 N–H and O–H groups in total. The van der Waals surface area contributed by atoms with Crippen molar-refractivity contribution < 1.29 is 15.1 Å². The minimum Gasteiger partial charge on any atom is -0.396 e. The Morgan fingerprint density at radius 3 is 2.38 bits per heavy atom. The number of hydrogen-bond donors (Lipinski definition) is 3. The monoisotopic (exact) mass is 225 g/mol. The van der Waals surface area contributed by atoms with Crippen LogP contribution in [0.5, 0.6) is 0 Å². The largest absolute Gasteiger partial charge is 0.396 e. The summed E-state index contributed by atoms with van der Waals surface area (Å²) in [6.45, 7) is 2.50. The molecule has 0 heterocycles. The van der Waals surface area contributed by atoms with E-state index in [0.717, 1.165) is 5.56 Å². The molecule has 0 spiro atoms. The highest BCUT2D eigenvalue weighted by atomic mass is 16.6. The van der Waals surface area contributed by atoms with E-state index < -0.39 is 5.41 Å². The molecule has 0 aliphatic heterocycles. The van der Waals surface area contributed by atoms with Gasteiger partial charge in [-0.25, -0.2) is 5.48 Å². The third-order valence-electron chi connectivity index (χ3n) is 2.45. The Balaban J connectivity index is 2.22. The van der Waals surface area contributed by atoms with Crippen molar-refractivity contribution >= 4 is 0 Å². The van der Waals surface area contributed by atoms with Crippen LogP contribution in [0.15, 0.2) is 30.3 Å². The van der Waals surface area contributed by atoms with Gasteiger partial charge < -0.3 is 10.2 Å². The van der Waals surface area contributed by atoms with Gasteiger partial charge in [-0.15, -0.1) is 0 Å². The summed E-state index contributed by atoms with van der Waals surface area (Å²) in [6, 6.07) is 9.79. The highest BCUT2D eigenvalue weighted by Gasteiger charge is 2.21. The first kappa shape index (κ1) is 13.1. The molecule has 0 saturated heterocycles. The molecule has 0 aliphatic rings. The molecule has 0 fully saturated rings. The van der Waals surface area contributed by atoms with Gasteiger partial charge in [-0.2, -0.15) is 0 Å². The maximum Gasteiger partial charge on any atom is 0.0933 e. The summed E-state index contributed by atoms with van der Waals surface area (Å²) in [7, 11) is 0. The van der Waals surface area contributed by atoms with Crippen LogP contribution in [0.25, 0.3) is 0 Å². The minimum atomic E-state index is -0.545. The van der Waals surface area contributed by atoms with Crippen LogP contribution in [-0.2, 0) is 11.4 Å². The lowest BCUT2D eigenvalue weighted by Gasteiger charge is -2.24. The Hall–Kier alpha value is -0.940. The number of benzene rings is 1. The van der Waals surface area contributed by atoms with Gasteiger partial charge in [0.2, 0.25) is 0 Å². The van der Waals surface area contributed by atoms with Gasteiger partial charge in [0.1, 0.15) is 0 Å². The van der Waals surface area contributed by atoms with Gasteiger partial charge in [0.15, 0.2) is 0 Å². The first-order chi connectivity index (χ1) is 7.70. The molecule has 0 bridgehead atoms. The lowest BCUT2D eigenvalue weighted by Crippen LogP contribution is -2.37. The van der Waals surface area contributed by atoms with Crippen LogP contribution in [0, 0.1) is 5.41 Å². The predicted molar refractivity (Wildman–Crippen MR) is 61.5 cm³/mol. The van der Waals surface area contributed by atoms with Gasteiger partial charge in [-0.1, -0.05) is 37.3 Å². The molecule has 16 heavy (non-hydrogen) atoms. The number of aliphatic hydroxyl groups excluding tert-OH is 2. The summed E-state index contributed by atoms with van der Waals surface area (Å²) in [4.78, 5) is 5.25. The van der Waals surface area contributed by atoms with Crippen LogP contribution in [0.2, 0.25) is 0 Å². The molecular weight excluding hydrogens is 206 g/mol. The van der Waals surface area contributed by atoms with Crippen molar-refractivity contribution in [3.8, 4) is 0 Å². The van der Waals surface area contributed by atoms with E-state index in [1.165, 1.54) is 0 Å². The van der Waals surface area contributed by atoms with Crippen molar-refractivity contribution in [3.63, 3.8) is 0 Å². The highest BCUT2D eigenvalue weighted by Crippen LogP contribution is 2.12. The second-order valence-corrected chi connectivity index (χ2v) is 4.22. The molecule has 0 radical (unpaired) electrons. The molecule has 90 valence electrons. The zero-order chi connectivity index (χ0) is 11.9. The molecule has 1 aromatic rings. The quantitative estimate of drug-likeness (QED) is 0.472. The van der Waals surface area contributed by atoms with Crippen molar-refractivity contribution in [2.75, 3.05) is 19.8 Å². The van der Waals surface area contributed by atoms with E-state index in [4.69, 9.17) is 15.1 Å². The third kappa shape index (κ3) is 4.28. The topological polar surface area (TPSA) is 61.7 Å². The summed E-state index contributed by atoms with van der Waals surface area (Å²) < 4.78 is 0. The number of rotatable bonds is 7. The van der Waals surface area contributed by atoms with Crippen LogP contribution in [0.3, 0.4) is 0 Å². The third-order valence-corrected chi connectivity index (χ3v) is 2.45. The first-order valence-corrected chi connectivity index (χ1v) is 5.30. The average Bonchev–Trinajstić information content (AvgIpc) is 2.36. The van der Waals surface area contributed by atoms with Crippen molar-refractivity contribution in [3.05, 3.63) is 35.9 Å². The summed E-state index contributed by atoms with van der Waals surface area (Å²) in [5.74, 6) is 0. The summed E-state index contributed by atoms with van der Waals surface area (Å²) in [5.41, 5.74) is 3.29. The standard InChI is InChI=1S/C12H19NO3/c1-12(9-14,10-15)8-13-16-7-11-5-3-2-4-6-11/h2-6,13-15H,7-10H2,1H3. The fraction of sp³-hybridized carbons (Fsp3) is 0.500. The van der Waals surface area contributed by atoms with Crippen molar-refractivity contribution in [2.45, 2.75) is 13.5 Å². The van der Waals surface area contributed by atoms with Crippen LogP contribution in [-0.4, -0.2) is 30.0 Å². The molecule has 4 heteroatoms. The predicted octanol–water partition coefficient (Wildman–Crippen LogP) is 0.699. The normalized spacial score (nSPS) is 11.7. The SMILES string of the molecule is CC(CO)(CO)CNOCc1ccccc1. The smallest absolute Gasteiger partial charge is 0.0933 e. The van der Waals surface area contributed by atoms with E-state index >= 15 is 0 Å². The van der Waals surface area contributed by atoms with Crippen LogP contribution in [0.1, 0.15) is 12.5 Å². The molecule has 4 nitrogen and oxygen atoms in total. The fourth-order valence-electron chi connectivity index (χ4n) is 1.10. The lowest BCUT2D eigenvalue weighted by molar-refractivity contribution is -0.0207. The Morgan fingerprint density at radius 2 is 1.81 bits per heavy atom. The zero-order valence-electron chi connectivity index (χ0n) is 9.52. The molecular formula is C12H19NO3. The molecule has 1 aromatic carbocycles. The van der Waals surface area contributed by atoms with E-state index in [0.29, 0.717) is 13.2 Å². The van der Waals surface area contributed by atoms with Crippen molar-refractivity contribution in [1.82, 2.24) is 5.48 Å². The minimum absolute atomic E-state index is 0.0782. The van der Waals surface area contributed by atoms with E-state index in [-0.39, 0.29) is 13.2 Å². The maximum absolute atomic E-state index is 9.05. The van der Waals surface area contributed by atoms with Crippen LogP contribution in [0.4, 0.5) is 0 Å². The molecule has 0 aliphatic carbocycles. The zero-order valence-corrected chi connectivity index (χ0v) is 9.52. The van der Waals surface area contributed by atoms with E-state index in [1.54, 1.807) is 6.92 Å². The van der Waals surface area contributed by atoms with Crippen molar-refractivity contribution in [1.29, 1.82) is 0 Å². The Labute approximate surface area is 95.8 Å². The summed E-state index contributed by atoms with van der Waals surface area (Å²) in [5, 5.41) is 18.1. The van der Waals surface area contributed by atoms with Gasteiger partial charge >= 0.3 is 0 Å². The summed E-state index contributed by atoms with van der Waals surface area (Å²) >= 11 is 0. The number of hydrogen-bond acceptors (Lipinski definition) is 4. The van der Waals surface area contributed by atoms with Gasteiger partial charge in [0.05, 0.1) is 19.8 Å². The lowest BCUT2D eigenvalue weighted by atomic mass is 9.94. The van der Waals surface area contributed by atoms with Gasteiger partial charge in [-0.05, 0) is 5.56 Å². The summed E-state index contributed by atoms with van der Waals surface area (Å²) in [6.07, 6.45) is 0. The fourth-order valence-corrected chi connectivity index (χ4v) is 1.10. The Kier molecular flexibility index (Phi) is 5.42. The maximum atomic E-state index is 9.05. The van der Waals surface area contributed by atoms with E-state index in [2.05, 4.69) is 5.48 Å². The van der Waals surface area contributed by atoms with Gasteiger partial charge in [-0.3, -0.25) is 4.84 Å². The van der Waals surface area contributed by atoms with Gasteiger partial charge in [0, 0.05) is 12.0 Å². The Bertz CT molecular complexity index is 286.